The Labute approximate surface area is 147 Å². The molecule has 8 heteroatoms. The van der Waals surface area contributed by atoms with E-state index in [9.17, 15) is 9.59 Å². The molecule has 2 aromatic rings. The van der Waals surface area contributed by atoms with Gasteiger partial charge in [0, 0.05) is 11.3 Å². The lowest BCUT2D eigenvalue weighted by molar-refractivity contribution is -0.115. The predicted octanol–water partition coefficient (Wildman–Crippen LogP) is 3.97. The van der Waals surface area contributed by atoms with E-state index in [2.05, 4.69) is 22.4 Å². The number of aromatic nitrogens is 2. The van der Waals surface area contributed by atoms with Gasteiger partial charge in [-0.1, -0.05) is 53.9 Å². The van der Waals surface area contributed by atoms with E-state index in [4.69, 9.17) is 0 Å². The number of nitrogens with zero attached hydrogens (tertiary/aromatic N) is 2. The summed E-state index contributed by atoms with van der Waals surface area (Å²) < 4.78 is 1.69. The summed E-state index contributed by atoms with van der Waals surface area (Å²) in [5.41, 5.74) is 1.20. The maximum Gasteiger partial charge on any atom is 0.237 e. The van der Waals surface area contributed by atoms with Gasteiger partial charge in [0.05, 0.1) is 5.25 Å². The number of carbonyl (C=O) groups excluding carboxylic acids is 2. The molecule has 2 rings (SSSR count). The monoisotopic (exact) mass is 367 g/mol. The Kier molecular flexibility index (Phi) is 6.61. The molecule has 0 aliphatic heterocycles. The van der Waals surface area contributed by atoms with Crippen LogP contribution in [-0.4, -0.2) is 32.9 Å². The smallest absolute Gasteiger partial charge is 0.237 e. The van der Waals surface area contributed by atoms with Crippen molar-refractivity contribution >= 4 is 52.2 Å². The van der Waals surface area contributed by atoms with Gasteiger partial charge in [-0.25, -0.2) is 0 Å². The lowest BCUT2D eigenvalue weighted by atomic mass is 10.1. The molecule has 0 fully saturated rings. The lowest BCUT2D eigenvalue weighted by Crippen LogP contribution is -2.22. The number of nitrogens with one attached hydrogen (secondary N) is 1. The van der Waals surface area contributed by atoms with Crippen molar-refractivity contribution in [1.82, 2.24) is 10.2 Å². The van der Waals surface area contributed by atoms with Crippen LogP contribution in [-0.2, 0) is 4.79 Å². The van der Waals surface area contributed by atoms with Crippen LogP contribution in [0.1, 0.15) is 31.1 Å². The summed E-state index contributed by atoms with van der Waals surface area (Å²) in [5.74, 6) is 0.788. The molecule has 122 valence electrons. The molecule has 0 saturated heterocycles. The number of anilines is 1. The SMILES string of the molecule is CCSc1nnc(S[C@H](C)C(=O)Nc2cccc(C(C)=O)c2)s1. The highest BCUT2D eigenvalue weighted by Gasteiger charge is 2.17. The maximum atomic E-state index is 12.3. The summed E-state index contributed by atoms with van der Waals surface area (Å²) in [6, 6.07) is 6.93. The van der Waals surface area contributed by atoms with Crippen molar-refractivity contribution in [3.63, 3.8) is 0 Å². The molecular formula is C15H17N3O2S3. The van der Waals surface area contributed by atoms with Gasteiger partial charge in [0.2, 0.25) is 5.91 Å². The van der Waals surface area contributed by atoms with Crippen LogP contribution in [0.5, 0.6) is 0 Å². The van der Waals surface area contributed by atoms with Crippen LogP contribution in [0.15, 0.2) is 32.9 Å². The minimum atomic E-state index is -0.302. The summed E-state index contributed by atoms with van der Waals surface area (Å²) in [6.07, 6.45) is 0. The van der Waals surface area contributed by atoms with Crippen molar-refractivity contribution in [3.05, 3.63) is 29.8 Å². The van der Waals surface area contributed by atoms with Crippen molar-refractivity contribution in [2.24, 2.45) is 0 Å². The number of amides is 1. The summed E-state index contributed by atoms with van der Waals surface area (Å²) >= 11 is 4.51. The number of hydrogen-bond acceptors (Lipinski definition) is 7. The van der Waals surface area contributed by atoms with Crippen molar-refractivity contribution in [1.29, 1.82) is 0 Å². The van der Waals surface area contributed by atoms with Crippen LogP contribution >= 0.6 is 34.9 Å². The molecule has 23 heavy (non-hydrogen) atoms. The van der Waals surface area contributed by atoms with E-state index < -0.39 is 0 Å². The third-order valence-electron chi connectivity index (χ3n) is 2.84. The predicted molar refractivity (Wildman–Crippen MR) is 96.7 cm³/mol. The van der Waals surface area contributed by atoms with Gasteiger partial charge in [-0.05, 0) is 31.7 Å². The van der Waals surface area contributed by atoms with Crippen LogP contribution in [0.3, 0.4) is 0 Å². The molecule has 1 amide bonds. The first-order chi connectivity index (χ1) is 11.0. The first kappa shape index (κ1) is 18.0. The normalized spacial score (nSPS) is 12.0. The Bertz CT molecular complexity index is 703. The van der Waals surface area contributed by atoms with Crippen LogP contribution in [0, 0.1) is 0 Å². The lowest BCUT2D eigenvalue weighted by Gasteiger charge is -2.10. The summed E-state index contributed by atoms with van der Waals surface area (Å²) in [6.45, 7) is 5.38. The van der Waals surface area contributed by atoms with Crippen molar-refractivity contribution in [2.45, 2.75) is 34.7 Å². The van der Waals surface area contributed by atoms with Gasteiger partial charge in [-0.15, -0.1) is 10.2 Å². The van der Waals surface area contributed by atoms with Crippen LogP contribution in [0.25, 0.3) is 0 Å². The summed E-state index contributed by atoms with van der Waals surface area (Å²) in [4.78, 5) is 23.6. The number of hydrogen-bond donors (Lipinski definition) is 1. The zero-order valence-corrected chi connectivity index (χ0v) is 15.5. The Balaban J connectivity index is 1.96. The first-order valence-corrected chi connectivity index (χ1v) is 9.72. The first-order valence-electron chi connectivity index (χ1n) is 7.04. The highest BCUT2D eigenvalue weighted by Crippen LogP contribution is 2.31. The molecule has 0 bridgehead atoms. The molecular weight excluding hydrogens is 350 g/mol. The number of ketones is 1. The van der Waals surface area contributed by atoms with Crippen LogP contribution < -0.4 is 5.32 Å². The van der Waals surface area contributed by atoms with Gasteiger partial charge < -0.3 is 5.32 Å². The van der Waals surface area contributed by atoms with Gasteiger partial charge >= 0.3 is 0 Å². The summed E-state index contributed by atoms with van der Waals surface area (Å²) in [7, 11) is 0. The molecule has 0 saturated carbocycles. The quantitative estimate of drug-likeness (QED) is 0.590. The second kappa shape index (κ2) is 8.47. The molecule has 5 nitrogen and oxygen atoms in total. The van der Waals surface area contributed by atoms with E-state index in [1.165, 1.54) is 30.0 Å². The Morgan fingerprint density at radius 2 is 2.04 bits per heavy atom. The largest absolute Gasteiger partial charge is 0.325 e. The molecule has 1 atom stereocenters. The maximum absolute atomic E-state index is 12.3. The number of Topliss-reactive ketones (excluding diaryl/α,β-unsaturated/α-hetero) is 1. The van der Waals surface area contributed by atoms with E-state index >= 15 is 0 Å². The third-order valence-corrected chi connectivity index (χ3v) is 5.96. The van der Waals surface area contributed by atoms with Crippen LogP contribution in [0.4, 0.5) is 5.69 Å². The molecule has 1 N–H and O–H groups in total. The topological polar surface area (TPSA) is 72.0 Å². The van der Waals surface area contributed by atoms with Gasteiger partial charge in [-0.2, -0.15) is 0 Å². The zero-order chi connectivity index (χ0) is 16.8. The molecule has 1 heterocycles. The van der Waals surface area contributed by atoms with Crippen molar-refractivity contribution in [2.75, 3.05) is 11.1 Å². The van der Waals surface area contributed by atoms with E-state index in [1.807, 2.05) is 6.92 Å². The number of rotatable bonds is 7. The van der Waals surface area contributed by atoms with E-state index in [0.717, 1.165) is 14.4 Å². The van der Waals surface area contributed by atoms with E-state index in [0.29, 0.717) is 11.3 Å². The molecule has 1 aromatic heterocycles. The fraction of sp³-hybridized carbons (Fsp3) is 0.333. The zero-order valence-electron chi connectivity index (χ0n) is 13.0. The average molecular weight is 368 g/mol. The fourth-order valence-electron chi connectivity index (χ4n) is 1.69. The number of carbonyl (C=O) groups is 2. The molecule has 0 spiro atoms. The van der Waals surface area contributed by atoms with Gasteiger partial charge in [0.25, 0.3) is 0 Å². The standard InChI is InChI=1S/C15H17N3O2S3/c1-4-21-14-17-18-15(23-14)22-10(3)13(20)16-12-7-5-6-11(8-12)9(2)19/h5-8,10H,4H2,1-3H3,(H,16,20)/t10-/m1/s1. The highest BCUT2D eigenvalue weighted by molar-refractivity contribution is 8.03. The fourth-order valence-corrected chi connectivity index (χ4v) is 4.75. The molecule has 0 radical (unpaired) electrons. The molecule has 0 aliphatic carbocycles. The van der Waals surface area contributed by atoms with E-state index in [-0.39, 0.29) is 16.9 Å². The molecule has 0 aliphatic rings. The third kappa shape index (κ3) is 5.33. The Morgan fingerprint density at radius 3 is 2.74 bits per heavy atom. The second-order valence-corrected chi connectivity index (χ2v) is 8.73. The number of benzene rings is 1. The average Bonchev–Trinajstić information content (AvgIpc) is 2.95. The molecule has 0 unspecified atom stereocenters. The Hall–Kier alpha value is -1.38. The highest BCUT2D eigenvalue weighted by atomic mass is 32.2. The minimum absolute atomic E-state index is 0.0293. The summed E-state index contributed by atoms with van der Waals surface area (Å²) in [5, 5.41) is 10.7. The van der Waals surface area contributed by atoms with Crippen molar-refractivity contribution < 1.29 is 9.59 Å². The van der Waals surface area contributed by atoms with Crippen molar-refractivity contribution in [3.8, 4) is 0 Å². The minimum Gasteiger partial charge on any atom is -0.325 e. The number of thioether (sulfide) groups is 2. The van der Waals surface area contributed by atoms with Gasteiger partial charge in [0.1, 0.15) is 0 Å². The Morgan fingerprint density at radius 1 is 1.30 bits per heavy atom. The second-order valence-electron chi connectivity index (χ2n) is 4.65. The molecule has 1 aromatic carbocycles. The van der Waals surface area contributed by atoms with Gasteiger partial charge in [0.15, 0.2) is 14.5 Å². The van der Waals surface area contributed by atoms with E-state index in [1.54, 1.807) is 36.0 Å². The van der Waals surface area contributed by atoms with Crippen LogP contribution in [0.2, 0.25) is 0 Å². The van der Waals surface area contributed by atoms with Gasteiger partial charge in [-0.3, -0.25) is 9.59 Å².